The Bertz CT molecular complexity index is 546. The second-order valence-corrected chi connectivity index (χ2v) is 5.32. The lowest BCUT2D eigenvalue weighted by atomic mass is 9.94. The lowest BCUT2D eigenvalue weighted by Crippen LogP contribution is -2.30. The molecule has 0 radical (unpaired) electrons. The molecule has 1 atom stereocenters. The number of amides is 1. The van der Waals surface area contributed by atoms with Gasteiger partial charge in [0.05, 0.1) is 26.1 Å². The van der Waals surface area contributed by atoms with Crippen molar-refractivity contribution in [1.29, 1.82) is 0 Å². The van der Waals surface area contributed by atoms with E-state index in [1.54, 1.807) is 0 Å². The molecule has 24 heavy (non-hydrogen) atoms. The van der Waals surface area contributed by atoms with E-state index in [0.29, 0.717) is 26.1 Å². The number of nitrogens with one attached hydrogen (secondary N) is 1. The van der Waals surface area contributed by atoms with E-state index < -0.39 is 5.92 Å². The molecule has 1 aliphatic rings. The van der Waals surface area contributed by atoms with Gasteiger partial charge in [0, 0.05) is 6.54 Å². The number of rotatable bonds is 6. The third kappa shape index (κ3) is 5.85. The SMILES string of the molecule is CC.COC(=O)CC1Cc2ccc(OCCCN)cc2CNC1=O. The summed E-state index contributed by atoms with van der Waals surface area (Å²) in [6, 6.07) is 5.78. The van der Waals surface area contributed by atoms with E-state index in [9.17, 15) is 9.59 Å². The summed E-state index contributed by atoms with van der Waals surface area (Å²) in [7, 11) is 1.33. The van der Waals surface area contributed by atoms with Gasteiger partial charge >= 0.3 is 5.97 Å². The van der Waals surface area contributed by atoms with Crippen LogP contribution < -0.4 is 15.8 Å². The van der Waals surface area contributed by atoms with Crippen LogP contribution in [0, 0.1) is 5.92 Å². The Morgan fingerprint density at radius 2 is 2.08 bits per heavy atom. The van der Waals surface area contributed by atoms with Gasteiger partial charge in [-0.1, -0.05) is 19.9 Å². The number of fused-ring (bicyclic) bond motifs is 1. The molecule has 134 valence electrons. The van der Waals surface area contributed by atoms with Crippen LogP contribution in [0.4, 0.5) is 0 Å². The molecule has 6 nitrogen and oxygen atoms in total. The molecule has 0 aromatic heterocycles. The zero-order chi connectivity index (χ0) is 17.9. The molecule has 0 spiro atoms. The van der Waals surface area contributed by atoms with Crippen molar-refractivity contribution in [2.45, 2.75) is 39.7 Å². The average molecular weight is 336 g/mol. The molecular weight excluding hydrogens is 308 g/mol. The van der Waals surface area contributed by atoms with E-state index in [4.69, 9.17) is 10.5 Å². The van der Waals surface area contributed by atoms with E-state index in [1.807, 2.05) is 32.0 Å². The number of hydrogen-bond acceptors (Lipinski definition) is 5. The van der Waals surface area contributed by atoms with Crippen LogP contribution in [0.3, 0.4) is 0 Å². The largest absolute Gasteiger partial charge is 0.494 e. The molecule has 1 aliphatic heterocycles. The van der Waals surface area contributed by atoms with Crippen LogP contribution in [0.25, 0.3) is 0 Å². The van der Waals surface area contributed by atoms with Crippen molar-refractivity contribution >= 4 is 11.9 Å². The minimum absolute atomic E-state index is 0.0938. The highest BCUT2D eigenvalue weighted by Gasteiger charge is 2.26. The molecular formula is C18H28N2O4. The standard InChI is InChI=1S/C16H22N2O4.C2H6/c1-21-15(19)9-12-7-11-3-4-14(22-6-2-5-17)8-13(11)10-18-16(12)20;1-2/h3-4,8,12H,2,5-7,9-10,17H2,1H3,(H,18,20);1-2H3. The molecule has 1 aromatic carbocycles. The van der Waals surface area contributed by atoms with Gasteiger partial charge in [0.2, 0.25) is 5.91 Å². The number of ether oxygens (including phenoxy) is 2. The van der Waals surface area contributed by atoms with Crippen molar-refractivity contribution < 1.29 is 19.1 Å². The van der Waals surface area contributed by atoms with Crippen LogP contribution in [0.2, 0.25) is 0 Å². The lowest BCUT2D eigenvalue weighted by molar-refractivity contribution is -0.144. The molecule has 2 rings (SSSR count). The number of methoxy groups -OCH3 is 1. The van der Waals surface area contributed by atoms with Crippen LogP contribution in [-0.2, 0) is 27.3 Å². The number of carbonyl (C=O) groups is 2. The Labute approximate surface area is 143 Å². The number of benzene rings is 1. The normalized spacial score (nSPS) is 16.0. The summed E-state index contributed by atoms with van der Waals surface area (Å²) in [4.78, 5) is 23.5. The van der Waals surface area contributed by atoms with Gasteiger partial charge in [0.1, 0.15) is 5.75 Å². The van der Waals surface area contributed by atoms with Gasteiger partial charge in [0.15, 0.2) is 0 Å². The Morgan fingerprint density at radius 3 is 2.75 bits per heavy atom. The highest BCUT2D eigenvalue weighted by molar-refractivity contribution is 5.84. The maximum absolute atomic E-state index is 12.1. The fourth-order valence-corrected chi connectivity index (χ4v) is 2.46. The molecule has 0 saturated carbocycles. The second-order valence-electron chi connectivity index (χ2n) is 5.32. The Morgan fingerprint density at radius 1 is 1.33 bits per heavy atom. The van der Waals surface area contributed by atoms with Crippen molar-refractivity contribution in [2.75, 3.05) is 20.3 Å². The first-order valence-corrected chi connectivity index (χ1v) is 8.43. The van der Waals surface area contributed by atoms with Crippen LogP contribution in [0.15, 0.2) is 18.2 Å². The number of nitrogens with two attached hydrogens (primary N) is 1. The molecule has 0 bridgehead atoms. The van der Waals surface area contributed by atoms with Crippen LogP contribution in [0.1, 0.15) is 37.8 Å². The van der Waals surface area contributed by atoms with Crippen molar-refractivity contribution in [3.63, 3.8) is 0 Å². The molecule has 0 saturated heterocycles. The van der Waals surface area contributed by atoms with E-state index in [0.717, 1.165) is 23.3 Å². The zero-order valence-corrected chi connectivity index (χ0v) is 14.8. The Kier molecular flexibility index (Phi) is 8.86. The van der Waals surface area contributed by atoms with Crippen molar-refractivity contribution in [2.24, 2.45) is 11.7 Å². The molecule has 1 heterocycles. The number of carbonyl (C=O) groups excluding carboxylic acids is 2. The van der Waals surface area contributed by atoms with Gasteiger partial charge in [-0.15, -0.1) is 0 Å². The molecule has 1 aromatic rings. The monoisotopic (exact) mass is 336 g/mol. The van der Waals surface area contributed by atoms with Crippen molar-refractivity contribution in [3.05, 3.63) is 29.3 Å². The Balaban J connectivity index is 0.00000139. The fourth-order valence-electron chi connectivity index (χ4n) is 2.46. The highest BCUT2D eigenvalue weighted by atomic mass is 16.5. The summed E-state index contributed by atoms with van der Waals surface area (Å²) in [5.41, 5.74) is 7.51. The topological polar surface area (TPSA) is 90.7 Å². The molecule has 1 unspecified atom stereocenters. The maximum Gasteiger partial charge on any atom is 0.306 e. The summed E-state index contributed by atoms with van der Waals surface area (Å²) in [6.45, 7) is 5.61. The second kappa shape index (κ2) is 10.6. The lowest BCUT2D eigenvalue weighted by Gasteiger charge is -2.12. The fraction of sp³-hybridized carbons (Fsp3) is 0.556. The first kappa shape index (κ1) is 20.0. The summed E-state index contributed by atoms with van der Waals surface area (Å²) >= 11 is 0. The highest BCUT2D eigenvalue weighted by Crippen LogP contribution is 2.25. The van der Waals surface area contributed by atoms with E-state index in [2.05, 4.69) is 10.1 Å². The van der Waals surface area contributed by atoms with Gasteiger partial charge in [-0.25, -0.2) is 0 Å². The van der Waals surface area contributed by atoms with Gasteiger partial charge in [-0.2, -0.15) is 0 Å². The van der Waals surface area contributed by atoms with Crippen LogP contribution >= 0.6 is 0 Å². The Hall–Kier alpha value is -2.08. The molecule has 0 aliphatic carbocycles. The van der Waals surface area contributed by atoms with Gasteiger partial charge < -0.3 is 20.5 Å². The summed E-state index contributed by atoms with van der Waals surface area (Å²) in [5, 5.41) is 2.85. The van der Waals surface area contributed by atoms with Crippen molar-refractivity contribution in [1.82, 2.24) is 5.32 Å². The minimum Gasteiger partial charge on any atom is -0.494 e. The number of hydrogen-bond donors (Lipinski definition) is 2. The van der Waals surface area contributed by atoms with Gasteiger partial charge in [0.25, 0.3) is 0 Å². The predicted octanol–water partition coefficient (Wildman–Crippen LogP) is 1.79. The van der Waals surface area contributed by atoms with E-state index >= 15 is 0 Å². The molecule has 3 N–H and O–H groups in total. The third-order valence-electron chi connectivity index (χ3n) is 3.73. The summed E-state index contributed by atoms with van der Waals surface area (Å²) < 4.78 is 10.3. The van der Waals surface area contributed by atoms with Crippen LogP contribution in [0.5, 0.6) is 5.75 Å². The average Bonchev–Trinajstić information content (AvgIpc) is 2.76. The summed E-state index contributed by atoms with van der Waals surface area (Å²) in [5.74, 6) is -0.108. The first-order chi connectivity index (χ1) is 11.6. The molecule has 6 heteroatoms. The first-order valence-electron chi connectivity index (χ1n) is 8.43. The van der Waals surface area contributed by atoms with Crippen LogP contribution in [-0.4, -0.2) is 32.1 Å². The zero-order valence-electron chi connectivity index (χ0n) is 14.8. The van der Waals surface area contributed by atoms with E-state index in [-0.39, 0.29) is 18.3 Å². The summed E-state index contributed by atoms with van der Waals surface area (Å²) in [6.07, 6.45) is 1.42. The van der Waals surface area contributed by atoms with Gasteiger partial charge in [-0.05, 0) is 42.6 Å². The maximum atomic E-state index is 12.1. The smallest absolute Gasteiger partial charge is 0.306 e. The van der Waals surface area contributed by atoms with Gasteiger partial charge in [-0.3, -0.25) is 9.59 Å². The van der Waals surface area contributed by atoms with E-state index in [1.165, 1.54) is 7.11 Å². The predicted molar refractivity (Wildman–Crippen MR) is 92.6 cm³/mol. The minimum atomic E-state index is -0.391. The quantitative estimate of drug-likeness (QED) is 0.610. The molecule has 0 fully saturated rings. The third-order valence-corrected chi connectivity index (χ3v) is 3.73. The number of esters is 1. The van der Waals surface area contributed by atoms with Crippen molar-refractivity contribution in [3.8, 4) is 5.75 Å². The molecule has 1 amide bonds.